The Morgan fingerprint density at radius 1 is 1.07 bits per heavy atom. The van der Waals surface area contributed by atoms with Gasteiger partial charge in [-0.3, -0.25) is 4.90 Å². The SMILES string of the molecule is CNc1ccnc(-c2c(-c3ccc(F)cc3)ncn2CCCN2CCOCC2)n1. The van der Waals surface area contributed by atoms with Crippen molar-refractivity contribution in [2.45, 2.75) is 13.0 Å². The fraction of sp³-hybridized carbons (Fsp3) is 0.381. The Hall–Kier alpha value is -2.84. The Morgan fingerprint density at radius 2 is 1.86 bits per heavy atom. The predicted molar refractivity (Wildman–Crippen MR) is 110 cm³/mol. The number of ether oxygens (including phenoxy) is 1. The van der Waals surface area contributed by atoms with Crippen LogP contribution in [0.5, 0.6) is 0 Å². The fourth-order valence-electron chi connectivity index (χ4n) is 3.51. The van der Waals surface area contributed by atoms with Crippen LogP contribution in [-0.2, 0) is 11.3 Å². The highest BCUT2D eigenvalue weighted by molar-refractivity contribution is 5.75. The van der Waals surface area contributed by atoms with E-state index in [1.54, 1.807) is 18.3 Å². The molecule has 0 unspecified atom stereocenters. The van der Waals surface area contributed by atoms with E-state index in [1.807, 2.05) is 19.4 Å². The number of aryl methyl sites for hydroxylation is 1. The highest BCUT2D eigenvalue weighted by Crippen LogP contribution is 2.30. The maximum absolute atomic E-state index is 13.4. The van der Waals surface area contributed by atoms with E-state index in [-0.39, 0.29) is 5.82 Å². The monoisotopic (exact) mass is 396 g/mol. The summed E-state index contributed by atoms with van der Waals surface area (Å²) in [4.78, 5) is 16.1. The van der Waals surface area contributed by atoms with E-state index in [1.165, 1.54) is 12.1 Å². The molecule has 0 bridgehead atoms. The van der Waals surface area contributed by atoms with E-state index in [0.717, 1.165) is 68.6 Å². The van der Waals surface area contributed by atoms with Crippen LogP contribution in [0.2, 0.25) is 0 Å². The largest absolute Gasteiger partial charge is 0.379 e. The third kappa shape index (κ3) is 4.60. The number of nitrogens with zero attached hydrogens (tertiary/aromatic N) is 5. The quantitative estimate of drug-likeness (QED) is 0.662. The van der Waals surface area contributed by atoms with E-state index in [4.69, 9.17) is 4.74 Å². The van der Waals surface area contributed by atoms with Crippen LogP contribution in [0.4, 0.5) is 10.2 Å². The first kappa shape index (κ1) is 19.5. The first-order valence-electron chi connectivity index (χ1n) is 9.87. The second-order valence-electron chi connectivity index (χ2n) is 6.97. The molecule has 7 nitrogen and oxygen atoms in total. The first-order chi connectivity index (χ1) is 14.2. The Balaban J connectivity index is 1.62. The van der Waals surface area contributed by atoms with Gasteiger partial charge in [0.2, 0.25) is 0 Å². The normalized spacial score (nSPS) is 14.8. The molecule has 0 spiro atoms. The molecule has 0 aliphatic carbocycles. The van der Waals surface area contributed by atoms with Crippen LogP contribution >= 0.6 is 0 Å². The van der Waals surface area contributed by atoms with Crippen molar-refractivity contribution in [2.75, 3.05) is 45.2 Å². The average Bonchev–Trinajstić information content (AvgIpc) is 3.19. The third-order valence-electron chi connectivity index (χ3n) is 5.06. The van der Waals surface area contributed by atoms with Gasteiger partial charge in [0, 0.05) is 45.0 Å². The van der Waals surface area contributed by atoms with Gasteiger partial charge in [-0.25, -0.2) is 19.3 Å². The molecule has 152 valence electrons. The lowest BCUT2D eigenvalue weighted by molar-refractivity contribution is 0.0369. The number of anilines is 1. The molecule has 4 rings (SSSR count). The number of hydrogen-bond donors (Lipinski definition) is 1. The number of nitrogens with one attached hydrogen (secondary N) is 1. The van der Waals surface area contributed by atoms with E-state index in [9.17, 15) is 4.39 Å². The summed E-state index contributed by atoms with van der Waals surface area (Å²) in [6.45, 7) is 5.36. The number of benzene rings is 1. The molecule has 1 N–H and O–H groups in total. The van der Waals surface area contributed by atoms with Crippen LogP contribution in [0.1, 0.15) is 6.42 Å². The molecule has 0 radical (unpaired) electrons. The molecule has 3 aromatic rings. The van der Waals surface area contributed by atoms with E-state index in [2.05, 4.69) is 29.7 Å². The molecule has 1 fully saturated rings. The standard InChI is InChI=1S/C21H25FN6O/c1-23-18-7-8-24-21(26-18)20-19(16-3-5-17(22)6-4-16)25-15-28(20)10-2-9-27-11-13-29-14-12-27/h3-8,15H,2,9-14H2,1H3,(H,23,24,26). The number of morpholine rings is 1. The zero-order valence-corrected chi connectivity index (χ0v) is 16.5. The Labute approximate surface area is 169 Å². The lowest BCUT2D eigenvalue weighted by atomic mass is 10.1. The van der Waals surface area contributed by atoms with Crippen molar-refractivity contribution in [3.63, 3.8) is 0 Å². The molecular weight excluding hydrogens is 371 g/mol. The second kappa shape index (κ2) is 9.11. The van der Waals surface area contributed by atoms with Gasteiger partial charge < -0.3 is 14.6 Å². The van der Waals surface area contributed by atoms with Crippen molar-refractivity contribution >= 4 is 5.82 Å². The maximum atomic E-state index is 13.4. The maximum Gasteiger partial charge on any atom is 0.180 e. The molecule has 0 atom stereocenters. The van der Waals surface area contributed by atoms with Gasteiger partial charge in [0.05, 0.1) is 25.2 Å². The Kier molecular flexibility index (Phi) is 6.12. The van der Waals surface area contributed by atoms with Crippen molar-refractivity contribution in [1.82, 2.24) is 24.4 Å². The molecular formula is C21H25FN6O. The smallest absolute Gasteiger partial charge is 0.180 e. The molecule has 2 aromatic heterocycles. The molecule has 3 heterocycles. The number of rotatable bonds is 7. The van der Waals surface area contributed by atoms with Crippen molar-refractivity contribution in [1.29, 1.82) is 0 Å². The summed E-state index contributed by atoms with van der Waals surface area (Å²) in [5.41, 5.74) is 2.44. The summed E-state index contributed by atoms with van der Waals surface area (Å²) in [5, 5.41) is 3.05. The fourth-order valence-corrected chi connectivity index (χ4v) is 3.51. The van der Waals surface area contributed by atoms with Crippen molar-refractivity contribution in [2.24, 2.45) is 0 Å². The molecule has 1 aliphatic rings. The molecule has 1 aliphatic heterocycles. The van der Waals surface area contributed by atoms with E-state index in [0.29, 0.717) is 5.82 Å². The summed E-state index contributed by atoms with van der Waals surface area (Å²) in [6.07, 6.45) is 4.54. The van der Waals surface area contributed by atoms with Crippen LogP contribution in [-0.4, -0.2) is 64.3 Å². The van der Waals surface area contributed by atoms with Gasteiger partial charge in [0.15, 0.2) is 5.82 Å². The molecule has 29 heavy (non-hydrogen) atoms. The lowest BCUT2D eigenvalue weighted by Crippen LogP contribution is -2.37. The summed E-state index contributed by atoms with van der Waals surface area (Å²) in [6, 6.07) is 8.19. The minimum Gasteiger partial charge on any atom is -0.379 e. The van der Waals surface area contributed by atoms with Gasteiger partial charge in [-0.1, -0.05) is 0 Å². The zero-order chi connectivity index (χ0) is 20.1. The number of imidazole rings is 1. The molecule has 1 aromatic carbocycles. The number of aromatic nitrogens is 4. The van der Waals surface area contributed by atoms with Gasteiger partial charge in [-0.15, -0.1) is 0 Å². The number of hydrogen-bond acceptors (Lipinski definition) is 6. The highest BCUT2D eigenvalue weighted by atomic mass is 19.1. The van der Waals surface area contributed by atoms with Crippen LogP contribution in [0.25, 0.3) is 22.8 Å². The van der Waals surface area contributed by atoms with Gasteiger partial charge in [0.25, 0.3) is 0 Å². The van der Waals surface area contributed by atoms with E-state index >= 15 is 0 Å². The summed E-state index contributed by atoms with van der Waals surface area (Å²) >= 11 is 0. The van der Waals surface area contributed by atoms with E-state index < -0.39 is 0 Å². The van der Waals surface area contributed by atoms with Crippen molar-refractivity contribution < 1.29 is 9.13 Å². The van der Waals surface area contributed by atoms with Crippen LogP contribution < -0.4 is 5.32 Å². The van der Waals surface area contributed by atoms with Gasteiger partial charge in [-0.05, 0) is 36.8 Å². The second-order valence-corrected chi connectivity index (χ2v) is 6.97. The topological polar surface area (TPSA) is 68.1 Å². The minimum absolute atomic E-state index is 0.270. The highest BCUT2D eigenvalue weighted by Gasteiger charge is 2.18. The Morgan fingerprint density at radius 3 is 2.62 bits per heavy atom. The average molecular weight is 396 g/mol. The summed E-state index contributed by atoms with van der Waals surface area (Å²) in [5.74, 6) is 1.06. The lowest BCUT2D eigenvalue weighted by Gasteiger charge is -2.26. The summed E-state index contributed by atoms with van der Waals surface area (Å²) < 4.78 is 20.9. The first-order valence-corrected chi connectivity index (χ1v) is 9.87. The van der Waals surface area contributed by atoms with Crippen LogP contribution in [0.3, 0.4) is 0 Å². The van der Waals surface area contributed by atoms with Gasteiger partial charge in [-0.2, -0.15) is 0 Å². The third-order valence-corrected chi connectivity index (χ3v) is 5.06. The minimum atomic E-state index is -0.270. The van der Waals surface area contributed by atoms with Crippen LogP contribution in [0.15, 0.2) is 42.9 Å². The molecule has 0 saturated carbocycles. The summed E-state index contributed by atoms with van der Waals surface area (Å²) in [7, 11) is 1.83. The zero-order valence-electron chi connectivity index (χ0n) is 16.5. The molecule has 0 amide bonds. The molecule has 1 saturated heterocycles. The van der Waals surface area contributed by atoms with Crippen molar-refractivity contribution in [3.05, 3.63) is 48.7 Å². The van der Waals surface area contributed by atoms with Gasteiger partial charge >= 0.3 is 0 Å². The number of halogens is 1. The van der Waals surface area contributed by atoms with Crippen molar-refractivity contribution in [3.8, 4) is 22.8 Å². The van der Waals surface area contributed by atoms with Crippen LogP contribution in [0, 0.1) is 5.82 Å². The van der Waals surface area contributed by atoms with Gasteiger partial charge in [0.1, 0.15) is 17.3 Å². The Bertz CT molecular complexity index is 937. The predicted octanol–water partition coefficient (Wildman–Crippen LogP) is 2.91. The molecule has 8 heteroatoms.